The highest BCUT2D eigenvalue weighted by molar-refractivity contribution is 6.56. The quantitative estimate of drug-likeness (QED) is 0.604. The zero-order valence-corrected chi connectivity index (χ0v) is 19.3. The SMILES string of the molecule is CC1(C)OB(C(=Cc2c[nH]c(=O)c(C(F)(F)F)c2)CNC(=O)OCc2ccccc2)OC1(C)C. The maximum Gasteiger partial charge on any atom is 0.492 e. The number of alkyl halides is 3. The molecule has 34 heavy (non-hydrogen) atoms. The van der Waals surface area contributed by atoms with Gasteiger partial charge in [-0.25, -0.2) is 4.79 Å². The first kappa shape index (κ1) is 25.6. The van der Waals surface area contributed by atoms with Gasteiger partial charge in [-0.2, -0.15) is 13.2 Å². The van der Waals surface area contributed by atoms with Crippen LogP contribution in [0.5, 0.6) is 0 Å². The van der Waals surface area contributed by atoms with E-state index in [-0.39, 0.29) is 18.7 Å². The van der Waals surface area contributed by atoms with E-state index in [0.717, 1.165) is 17.8 Å². The van der Waals surface area contributed by atoms with Gasteiger partial charge in [0, 0.05) is 12.7 Å². The predicted octanol–water partition coefficient (Wildman–Crippen LogP) is 4.33. The number of H-pyrrole nitrogens is 1. The van der Waals surface area contributed by atoms with Gasteiger partial charge in [0.2, 0.25) is 0 Å². The third-order valence-electron chi connectivity index (χ3n) is 5.79. The maximum atomic E-state index is 13.2. The molecule has 2 heterocycles. The van der Waals surface area contributed by atoms with Crippen LogP contribution in [0.25, 0.3) is 6.08 Å². The van der Waals surface area contributed by atoms with Gasteiger partial charge >= 0.3 is 19.4 Å². The Balaban J connectivity index is 1.82. The molecule has 11 heteroatoms. The monoisotopic (exact) mass is 478 g/mol. The molecule has 1 fully saturated rings. The van der Waals surface area contributed by atoms with Crippen molar-refractivity contribution in [3.8, 4) is 0 Å². The number of nitrogens with one attached hydrogen (secondary N) is 2. The number of benzene rings is 1. The van der Waals surface area contributed by atoms with Gasteiger partial charge in [0.1, 0.15) is 12.2 Å². The summed E-state index contributed by atoms with van der Waals surface area (Å²) in [7, 11) is -0.944. The van der Waals surface area contributed by atoms with E-state index in [1.54, 1.807) is 12.1 Å². The van der Waals surface area contributed by atoms with E-state index in [1.165, 1.54) is 6.08 Å². The molecule has 1 aromatic heterocycles. The molecule has 0 bridgehead atoms. The van der Waals surface area contributed by atoms with Crippen molar-refractivity contribution in [2.75, 3.05) is 6.54 Å². The molecule has 7 nitrogen and oxygen atoms in total. The summed E-state index contributed by atoms with van der Waals surface area (Å²) in [4.78, 5) is 25.9. The van der Waals surface area contributed by atoms with Crippen LogP contribution in [0, 0.1) is 0 Å². The van der Waals surface area contributed by atoms with Crippen molar-refractivity contribution < 1.29 is 32.0 Å². The van der Waals surface area contributed by atoms with Crippen LogP contribution in [0.15, 0.2) is 52.9 Å². The van der Waals surface area contributed by atoms with E-state index >= 15 is 0 Å². The molecule has 1 amide bonds. The Bertz CT molecular complexity index is 1100. The van der Waals surface area contributed by atoms with Crippen LogP contribution >= 0.6 is 0 Å². The standard InChI is InChI=1S/C23H26BF3N2O5/c1-21(2)22(3,4)34-24(33-21)17(10-16-11-18(23(25,26)27)19(30)28-12-16)13-29-20(31)32-14-15-8-6-5-7-9-15/h5-12H,13-14H2,1-4H3,(H,28,30)(H,29,31). The first-order valence-electron chi connectivity index (χ1n) is 10.6. The third kappa shape index (κ3) is 6.09. The summed E-state index contributed by atoms with van der Waals surface area (Å²) in [5, 5.41) is 2.58. The lowest BCUT2D eigenvalue weighted by Gasteiger charge is -2.32. The van der Waals surface area contributed by atoms with E-state index < -0.39 is 41.7 Å². The van der Waals surface area contributed by atoms with Crippen LogP contribution in [0.3, 0.4) is 0 Å². The maximum absolute atomic E-state index is 13.2. The highest BCUT2D eigenvalue weighted by Crippen LogP contribution is 2.39. The number of alkyl carbamates (subject to hydrolysis) is 1. The molecule has 0 spiro atoms. The Kier molecular flexibility index (Phi) is 7.28. The average molecular weight is 478 g/mol. The van der Waals surface area contributed by atoms with Gasteiger partial charge in [-0.1, -0.05) is 36.4 Å². The first-order valence-corrected chi connectivity index (χ1v) is 10.6. The number of pyridine rings is 1. The Morgan fingerprint density at radius 2 is 1.76 bits per heavy atom. The molecular formula is C23H26BF3N2O5. The molecular weight excluding hydrogens is 452 g/mol. The number of aromatic amines is 1. The molecule has 0 aliphatic carbocycles. The second-order valence-electron chi connectivity index (χ2n) is 8.90. The number of aromatic nitrogens is 1. The molecule has 2 N–H and O–H groups in total. The lowest BCUT2D eigenvalue weighted by Crippen LogP contribution is -2.41. The molecule has 1 saturated heterocycles. The number of halogens is 3. The number of hydrogen-bond donors (Lipinski definition) is 2. The summed E-state index contributed by atoms with van der Waals surface area (Å²) in [5.41, 5.74) is -2.80. The van der Waals surface area contributed by atoms with Gasteiger partial charge < -0.3 is 24.3 Å². The fourth-order valence-corrected chi connectivity index (χ4v) is 3.15. The Hall–Kier alpha value is -3.05. The number of carbonyl (C=O) groups excluding carboxylic acids is 1. The number of carbonyl (C=O) groups is 1. The van der Waals surface area contributed by atoms with Crippen LogP contribution in [0.2, 0.25) is 0 Å². The van der Waals surface area contributed by atoms with Crippen LogP contribution < -0.4 is 10.9 Å². The fourth-order valence-electron chi connectivity index (χ4n) is 3.15. The predicted molar refractivity (Wildman–Crippen MR) is 121 cm³/mol. The van der Waals surface area contributed by atoms with Gasteiger partial charge in [0.05, 0.1) is 11.2 Å². The molecule has 0 saturated carbocycles. The van der Waals surface area contributed by atoms with Crippen LogP contribution in [0.1, 0.15) is 44.4 Å². The van der Waals surface area contributed by atoms with Crippen molar-refractivity contribution >= 4 is 19.3 Å². The Morgan fingerprint density at radius 1 is 1.15 bits per heavy atom. The second-order valence-corrected chi connectivity index (χ2v) is 8.90. The summed E-state index contributed by atoms with van der Waals surface area (Å²) >= 11 is 0. The molecule has 1 aromatic carbocycles. The van der Waals surface area contributed by atoms with Crippen molar-refractivity contribution in [3.05, 3.63) is 75.1 Å². The van der Waals surface area contributed by atoms with Crippen LogP contribution in [0.4, 0.5) is 18.0 Å². The van der Waals surface area contributed by atoms with E-state index in [0.29, 0.717) is 5.47 Å². The number of ether oxygens (including phenoxy) is 1. The van der Waals surface area contributed by atoms with Gasteiger partial charge in [-0.05, 0) is 50.4 Å². The normalized spacial score (nSPS) is 17.5. The van der Waals surface area contributed by atoms with Gasteiger partial charge in [0.15, 0.2) is 0 Å². The summed E-state index contributed by atoms with van der Waals surface area (Å²) < 4.78 is 56.8. The molecule has 0 radical (unpaired) electrons. The summed E-state index contributed by atoms with van der Waals surface area (Å²) in [6.07, 6.45) is -3.01. The van der Waals surface area contributed by atoms with Gasteiger partial charge in [-0.3, -0.25) is 4.79 Å². The second kappa shape index (κ2) is 9.67. The van der Waals surface area contributed by atoms with E-state index in [1.807, 2.05) is 45.9 Å². The van der Waals surface area contributed by atoms with Gasteiger partial charge in [-0.15, -0.1) is 0 Å². The third-order valence-corrected chi connectivity index (χ3v) is 5.79. The summed E-state index contributed by atoms with van der Waals surface area (Å²) in [6.45, 7) is 7.24. The van der Waals surface area contributed by atoms with Crippen molar-refractivity contribution in [2.24, 2.45) is 0 Å². The lowest BCUT2D eigenvalue weighted by molar-refractivity contribution is -0.138. The van der Waals surface area contributed by atoms with Crippen LogP contribution in [-0.4, -0.2) is 35.9 Å². The fraction of sp³-hybridized carbons (Fsp3) is 0.391. The molecule has 0 unspecified atom stereocenters. The minimum atomic E-state index is -4.82. The number of hydrogen-bond acceptors (Lipinski definition) is 5. The van der Waals surface area contributed by atoms with Gasteiger partial charge in [0.25, 0.3) is 5.56 Å². The largest absolute Gasteiger partial charge is 0.492 e. The zero-order valence-electron chi connectivity index (χ0n) is 19.3. The van der Waals surface area contributed by atoms with Crippen molar-refractivity contribution in [2.45, 2.75) is 51.7 Å². The van der Waals surface area contributed by atoms with E-state index in [2.05, 4.69) is 10.3 Å². The van der Waals surface area contributed by atoms with Crippen LogP contribution in [-0.2, 0) is 26.8 Å². The first-order chi connectivity index (χ1) is 15.8. The van der Waals surface area contributed by atoms with E-state index in [4.69, 9.17) is 14.0 Å². The zero-order chi connectivity index (χ0) is 25.1. The molecule has 182 valence electrons. The van der Waals surface area contributed by atoms with E-state index in [9.17, 15) is 22.8 Å². The molecule has 3 rings (SSSR count). The summed E-state index contributed by atoms with van der Waals surface area (Å²) in [6, 6.07) is 9.81. The minimum Gasteiger partial charge on any atom is -0.445 e. The van der Waals surface area contributed by atoms with Crippen molar-refractivity contribution in [3.63, 3.8) is 0 Å². The van der Waals surface area contributed by atoms with Crippen molar-refractivity contribution in [1.82, 2.24) is 10.3 Å². The summed E-state index contributed by atoms with van der Waals surface area (Å²) in [5.74, 6) is 0. The minimum absolute atomic E-state index is 0.0527. The topological polar surface area (TPSA) is 89.7 Å². The highest BCUT2D eigenvalue weighted by Gasteiger charge is 2.52. The Labute approximate surface area is 195 Å². The number of rotatable bonds is 6. The molecule has 2 aromatic rings. The molecule has 0 atom stereocenters. The number of amides is 1. The smallest absolute Gasteiger partial charge is 0.445 e. The molecule has 1 aliphatic rings. The Morgan fingerprint density at radius 3 is 2.35 bits per heavy atom. The highest BCUT2D eigenvalue weighted by atomic mass is 19.4. The lowest BCUT2D eigenvalue weighted by atomic mass is 9.77. The average Bonchev–Trinajstić information content (AvgIpc) is 2.97. The van der Waals surface area contributed by atoms with Crippen molar-refractivity contribution in [1.29, 1.82) is 0 Å². The molecule has 1 aliphatic heterocycles.